The molecule has 0 aliphatic rings. The van der Waals surface area contributed by atoms with Crippen molar-refractivity contribution in [2.24, 2.45) is 5.73 Å². The van der Waals surface area contributed by atoms with Gasteiger partial charge in [0.05, 0.1) is 7.11 Å². The zero-order valence-electron chi connectivity index (χ0n) is 16.9. The van der Waals surface area contributed by atoms with Crippen molar-refractivity contribution in [1.29, 1.82) is 0 Å². The fourth-order valence-corrected chi connectivity index (χ4v) is 2.67. The Bertz CT molecular complexity index is 399. The summed E-state index contributed by atoms with van der Waals surface area (Å²) in [5, 5.41) is 0. The van der Waals surface area contributed by atoms with Crippen molar-refractivity contribution in [2.45, 2.75) is 110 Å². The van der Waals surface area contributed by atoms with Crippen LogP contribution in [-0.2, 0) is 19.4 Å². The van der Waals surface area contributed by atoms with Gasteiger partial charge in [-0.3, -0.25) is 13.5 Å². The smallest absolute Gasteiger partial charge is 0.370 e. The highest BCUT2D eigenvalue weighted by Crippen LogP contribution is 2.13. The third-order valence-electron chi connectivity index (χ3n) is 4.24. The molecule has 0 aromatic carbocycles. The molecule has 0 aliphatic carbocycles. The summed E-state index contributed by atoms with van der Waals surface area (Å²) in [5.74, 6) is -0.153. The molecule has 26 heavy (non-hydrogen) atoms. The van der Waals surface area contributed by atoms with Crippen LogP contribution in [0.2, 0.25) is 0 Å². The summed E-state index contributed by atoms with van der Waals surface area (Å²) in [6.45, 7) is 2.28. The summed E-state index contributed by atoms with van der Waals surface area (Å²) < 4.78 is 29.7. The molecular formula is C19H41NO5S. The minimum Gasteiger partial charge on any atom is -0.370 e. The molecule has 0 saturated carbocycles. The van der Waals surface area contributed by atoms with Gasteiger partial charge in [-0.15, -0.1) is 0 Å². The molecule has 7 heteroatoms. The SMILES string of the molecule is CCCCCCCCCCCCCCCCCC(N)=O.COS(=O)(=O)O. The van der Waals surface area contributed by atoms with E-state index in [1.54, 1.807) is 0 Å². The molecule has 0 atom stereocenters. The van der Waals surface area contributed by atoms with Gasteiger partial charge >= 0.3 is 10.4 Å². The zero-order chi connectivity index (χ0) is 20.1. The van der Waals surface area contributed by atoms with Crippen LogP contribution < -0.4 is 5.73 Å². The summed E-state index contributed by atoms with van der Waals surface area (Å²) in [6.07, 6.45) is 20.9. The van der Waals surface area contributed by atoms with E-state index in [1.165, 1.54) is 89.9 Å². The number of nitrogens with two attached hydrogens (primary N) is 1. The lowest BCUT2D eigenvalue weighted by molar-refractivity contribution is -0.118. The maximum atomic E-state index is 10.6. The first kappa shape index (κ1) is 27.6. The number of carbonyl (C=O) groups is 1. The molecule has 0 aliphatic heterocycles. The van der Waals surface area contributed by atoms with Crippen LogP contribution in [0.15, 0.2) is 0 Å². The number of unbranched alkanes of at least 4 members (excludes halogenated alkanes) is 14. The van der Waals surface area contributed by atoms with Crippen molar-refractivity contribution >= 4 is 16.3 Å². The highest BCUT2D eigenvalue weighted by atomic mass is 32.3. The minimum absolute atomic E-state index is 0.153. The normalized spacial score (nSPS) is 11.0. The van der Waals surface area contributed by atoms with Gasteiger partial charge in [0, 0.05) is 6.42 Å². The Morgan fingerprint density at radius 2 is 1.04 bits per heavy atom. The Balaban J connectivity index is 0. The molecule has 0 saturated heterocycles. The quantitative estimate of drug-likeness (QED) is 0.261. The van der Waals surface area contributed by atoms with Gasteiger partial charge in [0.2, 0.25) is 5.91 Å². The third kappa shape index (κ3) is 31.1. The average molecular weight is 396 g/mol. The van der Waals surface area contributed by atoms with E-state index in [9.17, 15) is 13.2 Å². The van der Waals surface area contributed by atoms with E-state index in [1.807, 2.05) is 0 Å². The van der Waals surface area contributed by atoms with Crippen molar-refractivity contribution in [3.63, 3.8) is 0 Å². The highest BCUT2D eigenvalue weighted by Gasteiger charge is 1.96. The molecule has 0 rings (SSSR count). The Labute approximate surface area is 161 Å². The van der Waals surface area contributed by atoms with Crippen LogP contribution in [0.4, 0.5) is 0 Å². The van der Waals surface area contributed by atoms with Gasteiger partial charge in [-0.05, 0) is 6.42 Å². The molecule has 3 N–H and O–H groups in total. The molecule has 158 valence electrons. The number of rotatable bonds is 17. The number of hydrogen-bond acceptors (Lipinski definition) is 4. The molecule has 0 heterocycles. The number of hydrogen-bond donors (Lipinski definition) is 2. The van der Waals surface area contributed by atoms with E-state index in [2.05, 4.69) is 11.1 Å². The Hall–Kier alpha value is -0.660. The summed E-state index contributed by atoms with van der Waals surface area (Å²) in [4.78, 5) is 10.6. The van der Waals surface area contributed by atoms with Gasteiger partial charge in [0.15, 0.2) is 0 Å². The standard InChI is InChI=1S/C18H37NO.CH4O4S/c1-2-3-4-5-6-7-8-9-10-11-12-13-14-15-16-17-18(19)20;1-5-6(2,3)4/h2-17H2,1H3,(H2,19,20);1H3,(H,2,3,4). The molecule has 0 spiro atoms. The van der Waals surface area contributed by atoms with Crippen molar-refractivity contribution in [3.05, 3.63) is 0 Å². The van der Waals surface area contributed by atoms with Crippen molar-refractivity contribution in [2.75, 3.05) is 7.11 Å². The van der Waals surface area contributed by atoms with Crippen LogP contribution in [0.1, 0.15) is 110 Å². The molecule has 0 aromatic rings. The second kappa shape index (κ2) is 20.6. The van der Waals surface area contributed by atoms with E-state index in [0.29, 0.717) is 6.42 Å². The maximum Gasteiger partial charge on any atom is 0.397 e. The van der Waals surface area contributed by atoms with Crippen molar-refractivity contribution in [3.8, 4) is 0 Å². The highest BCUT2D eigenvalue weighted by molar-refractivity contribution is 7.80. The van der Waals surface area contributed by atoms with Gasteiger partial charge in [0.1, 0.15) is 0 Å². The van der Waals surface area contributed by atoms with E-state index in [0.717, 1.165) is 13.5 Å². The number of primary amides is 1. The average Bonchev–Trinajstić information content (AvgIpc) is 2.58. The maximum absolute atomic E-state index is 10.6. The molecular weight excluding hydrogens is 354 g/mol. The Morgan fingerprint density at radius 3 is 1.27 bits per heavy atom. The molecule has 0 unspecified atom stereocenters. The second-order valence-electron chi connectivity index (χ2n) is 6.76. The predicted octanol–water partition coefficient (Wildman–Crippen LogP) is 5.17. The van der Waals surface area contributed by atoms with Gasteiger partial charge in [0.25, 0.3) is 0 Å². The van der Waals surface area contributed by atoms with Gasteiger partial charge in [-0.25, -0.2) is 0 Å². The Kier molecular flexibility index (Phi) is 21.9. The van der Waals surface area contributed by atoms with Gasteiger partial charge in [-0.1, -0.05) is 96.8 Å². The number of carbonyl (C=O) groups excluding carboxylic acids is 1. The summed E-state index contributed by atoms with van der Waals surface area (Å²) in [5.41, 5.74) is 5.11. The van der Waals surface area contributed by atoms with Crippen LogP contribution in [-0.4, -0.2) is 26.0 Å². The lowest BCUT2D eigenvalue weighted by Gasteiger charge is -2.03. The summed E-state index contributed by atoms with van der Waals surface area (Å²) in [6, 6.07) is 0. The van der Waals surface area contributed by atoms with Gasteiger partial charge in [-0.2, -0.15) is 8.42 Å². The van der Waals surface area contributed by atoms with Crippen molar-refractivity contribution < 1.29 is 21.9 Å². The fourth-order valence-electron chi connectivity index (χ4n) is 2.67. The van der Waals surface area contributed by atoms with Crippen LogP contribution in [0.25, 0.3) is 0 Å². The van der Waals surface area contributed by atoms with E-state index >= 15 is 0 Å². The Morgan fingerprint density at radius 1 is 0.769 bits per heavy atom. The lowest BCUT2D eigenvalue weighted by atomic mass is 10.0. The topological polar surface area (TPSA) is 107 Å². The first-order valence-electron chi connectivity index (χ1n) is 10.1. The van der Waals surface area contributed by atoms with E-state index in [4.69, 9.17) is 10.3 Å². The van der Waals surface area contributed by atoms with Crippen LogP contribution in [0.3, 0.4) is 0 Å². The lowest BCUT2D eigenvalue weighted by Crippen LogP contribution is -2.09. The molecule has 0 bridgehead atoms. The molecule has 6 nitrogen and oxygen atoms in total. The predicted molar refractivity (Wildman–Crippen MR) is 107 cm³/mol. The van der Waals surface area contributed by atoms with E-state index < -0.39 is 10.4 Å². The summed E-state index contributed by atoms with van der Waals surface area (Å²) in [7, 11) is -3.29. The van der Waals surface area contributed by atoms with Crippen LogP contribution in [0, 0.1) is 0 Å². The fraction of sp³-hybridized carbons (Fsp3) is 0.947. The molecule has 0 radical (unpaired) electrons. The first-order valence-corrected chi connectivity index (χ1v) is 11.5. The number of amides is 1. The monoisotopic (exact) mass is 395 g/mol. The van der Waals surface area contributed by atoms with Crippen LogP contribution in [0.5, 0.6) is 0 Å². The van der Waals surface area contributed by atoms with E-state index in [-0.39, 0.29) is 5.91 Å². The minimum atomic E-state index is -4.16. The van der Waals surface area contributed by atoms with Crippen molar-refractivity contribution in [1.82, 2.24) is 0 Å². The second-order valence-corrected chi connectivity index (χ2v) is 7.95. The van der Waals surface area contributed by atoms with Crippen LogP contribution >= 0.6 is 0 Å². The summed E-state index contributed by atoms with van der Waals surface area (Å²) >= 11 is 0. The molecule has 1 amide bonds. The molecule has 0 fully saturated rings. The largest absolute Gasteiger partial charge is 0.397 e. The molecule has 0 aromatic heterocycles. The zero-order valence-corrected chi connectivity index (χ0v) is 17.7. The van der Waals surface area contributed by atoms with Gasteiger partial charge < -0.3 is 5.73 Å². The first-order chi connectivity index (χ1) is 12.3. The third-order valence-corrected chi connectivity index (χ3v) is 4.66.